The van der Waals surface area contributed by atoms with Crippen molar-refractivity contribution in [2.75, 3.05) is 0 Å². The highest BCUT2D eigenvalue weighted by molar-refractivity contribution is 4.68. The highest BCUT2D eigenvalue weighted by atomic mass is 14.2. The number of hydrogen-bond donors (Lipinski definition) is 0. The Morgan fingerprint density at radius 1 is 0.583 bits per heavy atom. The minimum absolute atomic E-state index is 0.586. The fraction of sp³-hybridized carbons (Fsp3) is 1.00. The first kappa shape index (κ1) is 24.0. The van der Waals surface area contributed by atoms with Crippen molar-refractivity contribution in [1.29, 1.82) is 0 Å². The van der Waals surface area contributed by atoms with Crippen LogP contribution < -0.4 is 0 Å². The summed E-state index contributed by atoms with van der Waals surface area (Å²) in [5, 5.41) is 0. The summed E-state index contributed by atoms with van der Waals surface area (Å²) >= 11 is 0. The van der Waals surface area contributed by atoms with E-state index in [1.165, 1.54) is 109 Å². The molecule has 1 atom stereocenters. The van der Waals surface area contributed by atoms with Crippen molar-refractivity contribution in [3.63, 3.8) is 0 Å². The van der Waals surface area contributed by atoms with Crippen LogP contribution in [-0.4, -0.2) is 0 Å². The molecule has 0 aliphatic rings. The van der Waals surface area contributed by atoms with Crippen molar-refractivity contribution in [2.45, 2.75) is 144 Å². The molecule has 0 fully saturated rings. The van der Waals surface area contributed by atoms with Gasteiger partial charge >= 0.3 is 0 Å². The van der Waals surface area contributed by atoms with E-state index in [2.05, 4.69) is 34.6 Å². The first-order valence-electron chi connectivity index (χ1n) is 11.5. The molecule has 0 bridgehead atoms. The van der Waals surface area contributed by atoms with E-state index in [4.69, 9.17) is 0 Å². The molecule has 1 unspecified atom stereocenters. The Balaban J connectivity index is 3.32. The van der Waals surface area contributed by atoms with E-state index in [1.54, 1.807) is 0 Å². The summed E-state index contributed by atoms with van der Waals surface area (Å²) in [6.07, 6.45) is 24.6. The fourth-order valence-corrected chi connectivity index (χ4v) is 3.69. The molecule has 0 heterocycles. The minimum atomic E-state index is 0.586. The van der Waals surface area contributed by atoms with Crippen molar-refractivity contribution in [3.8, 4) is 0 Å². The average molecular weight is 339 g/mol. The zero-order chi connectivity index (χ0) is 18.1. The van der Waals surface area contributed by atoms with Crippen molar-refractivity contribution in [3.05, 3.63) is 0 Å². The quantitative estimate of drug-likeness (QED) is 0.218. The van der Waals surface area contributed by atoms with Gasteiger partial charge in [0.15, 0.2) is 0 Å². The van der Waals surface area contributed by atoms with Crippen molar-refractivity contribution < 1.29 is 0 Å². The zero-order valence-corrected chi connectivity index (χ0v) is 18.1. The largest absolute Gasteiger partial charge is 0.0654 e. The molecule has 146 valence electrons. The molecule has 0 aliphatic heterocycles. The van der Waals surface area contributed by atoms with Crippen LogP contribution in [0.15, 0.2) is 0 Å². The van der Waals surface area contributed by atoms with E-state index in [0.717, 1.165) is 5.92 Å². The molecular weight excluding hydrogens is 288 g/mol. The summed E-state index contributed by atoms with van der Waals surface area (Å²) in [6, 6.07) is 0. The Labute approximate surface area is 155 Å². The molecule has 0 aliphatic carbocycles. The number of rotatable bonds is 18. The SMILES string of the molecule is CCCCCCCC(C)(C)CCCCCCCCCCC(C)CC. The van der Waals surface area contributed by atoms with Crippen LogP contribution in [0, 0.1) is 11.3 Å². The zero-order valence-electron chi connectivity index (χ0n) is 18.1. The molecule has 0 nitrogen and oxygen atoms in total. The number of unbranched alkanes of at least 4 members (excludes halogenated alkanes) is 11. The maximum Gasteiger partial charge on any atom is -0.0354 e. The van der Waals surface area contributed by atoms with Crippen molar-refractivity contribution in [1.82, 2.24) is 0 Å². The molecular formula is C24H50. The molecule has 0 saturated carbocycles. The van der Waals surface area contributed by atoms with Gasteiger partial charge in [0, 0.05) is 0 Å². The van der Waals surface area contributed by atoms with E-state index in [9.17, 15) is 0 Å². The van der Waals surface area contributed by atoms with E-state index in [-0.39, 0.29) is 0 Å². The predicted octanol–water partition coefficient (Wildman–Crippen LogP) is 9.32. The van der Waals surface area contributed by atoms with Crippen LogP contribution in [-0.2, 0) is 0 Å². The second kappa shape index (κ2) is 16.5. The molecule has 0 aromatic carbocycles. The van der Waals surface area contributed by atoms with Crippen molar-refractivity contribution in [2.24, 2.45) is 11.3 Å². The van der Waals surface area contributed by atoms with Crippen LogP contribution in [0.3, 0.4) is 0 Å². The van der Waals surface area contributed by atoms with Crippen molar-refractivity contribution >= 4 is 0 Å². The van der Waals surface area contributed by atoms with Crippen LogP contribution in [0.1, 0.15) is 144 Å². The van der Waals surface area contributed by atoms with Gasteiger partial charge in [-0.1, -0.05) is 131 Å². The van der Waals surface area contributed by atoms with Crippen LogP contribution in [0.5, 0.6) is 0 Å². The molecule has 0 heteroatoms. The smallest absolute Gasteiger partial charge is 0.0354 e. The molecule has 0 aromatic rings. The summed E-state index contributed by atoms with van der Waals surface area (Å²) in [5.74, 6) is 0.944. The lowest BCUT2D eigenvalue weighted by molar-refractivity contribution is 0.282. The Bertz CT molecular complexity index is 240. The minimum Gasteiger partial charge on any atom is -0.0654 e. The summed E-state index contributed by atoms with van der Waals surface area (Å²) in [5.41, 5.74) is 0.586. The monoisotopic (exact) mass is 338 g/mol. The van der Waals surface area contributed by atoms with Crippen LogP contribution in [0.4, 0.5) is 0 Å². The van der Waals surface area contributed by atoms with Gasteiger partial charge in [0.25, 0.3) is 0 Å². The second-order valence-electron chi connectivity index (χ2n) is 9.21. The van der Waals surface area contributed by atoms with Gasteiger partial charge in [-0.15, -0.1) is 0 Å². The van der Waals surface area contributed by atoms with E-state index < -0.39 is 0 Å². The van der Waals surface area contributed by atoms with Gasteiger partial charge < -0.3 is 0 Å². The Kier molecular flexibility index (Phi) is 16.5. The molecule has 0 amide bonds. The Hall–Kier alpha value is 0. The lowest BCUT2D eigenvalue weighted by Crippen LogP contribution is -2.11. The molecule has 0 N–H and O–H groups in total. The van der Waals surface area contributed by atoms with Crippen LogP contribution in [0.25, 0.3) is 0 Å². The van der Waals surface area contributed by atoms with Gasteiger partial charge in [-0.2, -0.15) is 0 Å². The van der Waals surface area contributed by atoms with Crippen LogP contribution >= 0.6 is 0 Å². The molecule has 0 rings (SSSR count). The van der Waals surface area contributed by atoms with Gasteiger partial charge in [0.2, 0.25) is 0 Å². The Morgan fingerprint density at radius 2 is 1.00 bits per heavy atom. The third-order valence-electron chi connectivity index (χ3n) is 5.95. The summed E-state index contributed by atoms with van der Waals surface area (Å²) < 4.78 is 0. The third kappa shape index (κ3) is 16.8. The average Bonchev–Trinajstić information content (AvgIpc) is 2.56. The fourth-order valence-electron chi connectivity index (χ4n) is 3.69. The van der Waals surface area contributed by atoms with E-state index >= 15 is 0 Å². The topological polar surface area (TPSA) is 0 Å². The summed E-state index contributed by atoms with van der Waals surface area (Å²) in [7, 11) is 0. The Morgan fingerprint density at radius 3 is 1.46 bits per heavy atom. The maximum absolute atomic E-state index is 2.49. The predicted molar refractivity (Wildman–Crippen MR) is 113 cm³/mol. The third-order valence-corrected chi connectivity index (χ3v) is 5.95. The van der Waals surface area contributed by atoms with Crippen LogP contribution in [0.2, 0.25) is 0 Å². The highest BCUT2D eigenvalue weighted by Gasteiger charge is 2.16. The van der Waals surface area contributed by atoms with E-state index in [1.807, 2.05) is 0 Å². The molecule has 24 heavy (non-hydrogen) atoms. The standard InChI is InChI=1S/C24H50/c1-6-8-9-15-18-21-24(4,5)22-19-16-13-11-10-12-14-17-20-23(3)7-2/h23H,6-22H2,1-5H3. The second-order valence-corrected chi connectivity index (χ2v) is 9.21. The molecule has 0 radical (unpaired) electrons. The first-order chi connectivity index (χ1) is 11.5. The highest BCUT2D eigenvalue weighted by Crippen LogP contribution is 2.30. The lowest BCUT2D eigenvalue weighted by Gasteiger charge is -2.24. The molecule has 0 aromatic heterocycles. The number of hydrogen-bond acceptors (Lipinski definition) is 0. The van der Waals surface area contributed by atoms with Gasteiger partial charge in [-0.25, -0.2) is 0 Å². The first-order valence-corrected chi connectivity index (χ1v) is 11.5. The van der Waals surface area contributed by atoms with Gasteiger partial charge in [0.05, 0.1) is 0 Å². The summed E-state index contributed by atoms with van der Waals surface area (Å²) in [4.78, 5) is 0. The normalized spacial score (nSPS) is 13.4. The molecule has 0 saturated heterocycles. The van der Waals surface area contributed by atoms with Gasteiger partial charge in [-0.05, 0) is 24.2 Å². The van der Waals surface area contributed by atoms with E-state index in [0.29, 0.717) is 5.41 Å². The maximum atomic E-state index is 2.49. The lowest BCUT2D eigenvalue weighted by atomic mass is 9.82. The summed E-state index contributed by atoms with van der Waals surface area (Å²) in [6.45, 7) is 12.0. The van der Waals surface area contributed by atoms with Gasteiger partial charge in [0.1, 0.15) is 0 Å². The van der Waals surface area contributed by atoms with Gasteiger partial charge in [-0.3, -0.25) is 0 Å². The molecule has 0 spiro atoms.